The molecular formula is C20H28. The molecule has 108 valence electrons. The molecule has 0 unspecified atom stereocenters. The van der Waals surface area contributed by atoms with Gasteiger partial charge >= 0.3 is 0 Å². The van der Waals surface area contributed by atoms with Gasteiger partial charge in [0.15, 0.2) is 0 Å². The maximum absolute atomic E-state index is 2.33. The van der Waals surface area contributed by atoms with E-state index < -0.39 is 0 Å². The van der Waals surface area contributed by atoms with Crippen molar-refractivity contribution in [3.05, 3.63) is 63.3 Å². The Labute approximate surface area is 124 Å². The first-order valence-corrected chi connectivity index (χ1v) is 7.39. The van der Waals surface area contributed by atoms with Crippen LogP contribution >= 0.6 is 0 Å². The zero-order chi connectivity index (χ0) is 15.4. The minimum Gasteiger partial charge on any atom is -0.0847 e. The molecule has 0 saturated carbocycles. The van der Waals surface area contributed by atoms with Crippen molar-refractivity contribution in [2.75, 3.05) is 0 Å². The van der Waals surface area contributed by atoms with Gasteiger partial charge in [-0.1, -0.05) is 29.9 Å². The van der Waals surface area contributed by atoms with Crippen LogP contribution in [0.5, 0.6) is 0 Å². The van der Waals surface area contributed by atoms with Crippen LogP contribution in [0.1, 0.15) is 55.5 Å². The van der Waals surface area contributed by atoms with Crippen molar-refractivity contribution < 1.29 is 0 Å². The Kier molecular flexibility index (Phi) is 5.56. The Balaban J connectivity index is 3.64. The lowest BCUT2D eigenvalue weighted by molar-refractivity contribution is 1.20. The van der Waals surface area contributed by atoms with Crippen LogP contribution in [0.3, 0.4) is 0 Å². The monoisotopic (exact) mass is 268 g/mol. The number of aryl methyl sites for hydroxylation is 1. The summed E-state index contributed by atoms with van der Waals surface area (Å²) in [5.41, 5.74) is 10.9. The second-order valence-electron chi connectivity index (χ2n) is 5.68. The van der Waals surface area contributed by atoms with Gasteiger partial charge in [0.25, 0.3) is 0 Å². The third-order valence-electron chi connectivity index (χ3n) is 4.46. The molecule has 1 aromatic carbocycles. The Hall–Kier alpha value is -1.56. The first kappa shape index (κ1) is 16.5. The summed E-state index contributed by atoms with van der Waals surface area (Å²) in [6.45, 7) is 17.4. The molecule has 0 spiro atoms. The van der Waals surface area contributed by atoms with E-state index in [1.54, 1.807) is 0 Å². The third-order valence-corrected chi connectivity index (χ3v) is 4.46. The van der Waals surface area contributed by atoms with Gasteiger partial charge in [-0.2, -0.15) is 0 Å². The van der Waals surface area contributed by atoms with Crippen molar-refractivity contribution in [1.29, 1.82) is 0 Å². The summed E-state index contributed by atoms with van der Waals surface area (Å²) in [5.74, 6) is 0. The molecule has 0 aromatic heterocycles. The highest BCUT2D eigenvalue weighted by Crippen LogP contribution is 2.31. The Morgan fingerprint density at radius 2 is 1.45 bits per heavy atom. The molecule has 0 heteroatoms. The van der Waals surface area contributed by atoms with Crippen LogP contribution in [-0.2, 0) is 0 Å². The summed E-state index contributed by atoms with van der Waals surface area (Å²) in [4.78, 5) is 0. The summed E-state index contributed by atoms with van der Waals surface area (Å²) in [7, 11) is 0. The summed E-state index contributed by atoms with van der Waals surface area (Å²) >= 11 is 0. The minimum absolute atomic E-state index is 1.30. The number of hydrogen-bond donors (Lipinski definition) is 0. The van der Waals surface area contributed by atoms with Crippen LogP contribution in [0.25, 0.3) is 5.57 Å². The lowest BCUT2D eigenvalue weighted by Crippen LogP contribution is -1.99. The molecule has 0 fully saturated rings. The fourth-order valence-electron chi connectivity index (χ4n) is 2.36. The van der Waals surface area contributed by atoms with E-state index in [0.717, 1.165) is 0 Å². The Bertz CT molecular complexity index is 593. The van der Waals surface area contributed by atoms with Gasteiger partial charge < -0.3 is 0 Å². The zero-order valence-electron chi connectivity index (χ0n) is 14.3. The molecule has 0 amide bonds. The summed E-state index contributed by atoms with van der Waals surface area (Å²) in [5, 5.41) is 0. The highest BCUT2D eigenvalue weighted by atomic mass is 14.2. The second-order valence-corrected chi connectivity index (χ2v) is 5.68. The number of rotatable bonds is 3. The smallest absolute Gasteiger partial charge is 0.0147 e. The summed E-state index contributed by atoms with van der Waals surface area (Å²) < 4.78 is 0. The van der Waals surface area contributed by atoms with Gasteiger partial charge in [-0.05, 0) is 94.4 Å². The number of benzene rings is 1. The Morgan fingerprint density at radius 3 is 1.95 bits per heavy atom. The number of hydrogen-bond acceptors (Lipinski definition) is 0. The van der Waals surface area contributed by atoms with Crippen LogP contribution in [0.2, 0.25) is 0 Å². The first-order valence-electron chi connectivity index (χ1n) is 7.39. The molecule has 0 N–H and O–H groups in total. The average molecular weight is 268 g/mol. The largest absolute Gasteiger partial charge is 0.0847 e. The first-order chi connectivity index (χ1) is 9.33. The van der Waals surface area contributed by atoms with Crippen molar-refractivity contribution in [2.24, 2.45) is 0 Å². The van der Waals surface area contributed by atoms with Gasteiger partial charge in [0.1, 0.15) is 0 Å². The summed E-state index contributed by atoms with van der Waals surface area (Å²) in [6.07, 6.45) is 6.65. The minimum atomic E-state index is 1.30. The van der Waals surface area contributed by atoms with E-state index in [4.69, 9.17) is 0 Å². The predicted octanol–water partition coefficient (Wildman–Crippen LogP) is 6.24. The van der Waals surface area contributed by atoms with E-state index in [1.165, 1.54) is 44.5 Å². The highest BCUT2D eigenvalue weighted by molar-refractivity contribution is 5.82. The van der Waals surface area contributed by atoms with E-state index in [-0.39, 0.29) is 0 Å². The molecule has 0 heterocycles. The van der Waals surface area contributed by atoms with Gasteiger partial charge in [0.2, 0.25) is 0 Å². The fourth-order valence-corrected chi connectivity index (χ4v) is 2.36. The quantitative estimate of drug-likeness (QED) is 0.569. The van der Waals surface area contributed by atoms with Crippen molar-refractivity contribution in [3.63, 3.8) is 0 Å². The third kappa shape index (κ3) is 3.30. The molecule has 0 radical (unpaired) electrons. The fraction of sp³-hybridized carbons (Fsp3) is 0.400. The maximum Gasteiger partial charge on any atom is -0.0147 e. The molecule has 1 rings (SSSR count). The second kappa shape index (κ2) is 6.74. The standard InChI is InChI=1S/C20H28/c1-9-13(3)11-19(14(4)10-2)20-12-15(5)16(6)17(7)18(20)8/h9-12H,1-8H3/b13-9-,14-10+,19-11+. The van der Waals surface area contributed by atoms with E-state index in [0.29, 0.717) is 0 Å². The van der Waals surface area contributed by atoms with Gasteiger partial charge in [-0.3, -0.25) is 0 Å². The van der Waals surface area contributed by atoms with Gasteiger partial charge in [0, 0.05) is 0 Å². The van der Waals surface area contributed by atoms with E-state index in [2.05, 4.69) is 79.7 Å². The van der Waals surface area contributed by atoms with Crippen LogP contribution < -0.4 is 0 Å². The normalized spacial score (nSPS) is 13.9. The van der Waals surface area contributed by atoms with Crippen molar-refractivity contribution in [2.45, 2.75) is 55.4 Å². The molecule has 0 aliphatic rings. The lowest BCUT2D eigenvalue weighted by atomic mass is 9.87. The van der Waals surface area contributed by atoms with E-state index in [9.17, 15) is 0 Å². The lowest BCUT2D eigenvalue weighted by Gasteiger charge is -2.18. The van der Waals surface area contributed by atoms with Gasteiger partial charge in [-0.25, -0.2) is 0 Å². The van der Waals surface area contributed by atoms with Crippen LogP contribution in [0.15, 0.2) is 35.4 Å². The van der Waals surface area contributed by atoms with Crippen molar-refractivity contribution in [3.8, 4) is 0 Å². The molecule has 0 atom stereocenters. The summed E-state index contributed by atoms with van der Waals surface area (Å²) in [6, 6.07) is 2.33. The molecule has 1 aromatic rings. The molecule has 0 saturated heterocycles. The molecule has 20 heavy (non-hydrogen) atoms. The van der Waals surface area contributed by atoms with Crippen LogP contribution in [0, 0.1) is 27.7 Å². The van der Waals surface area contributed by atoms with Crippen molar-refractivity contribution >= 4 is 5.57 Å². The van der Waals surface area contributed by atoms with Crippen LogP contribution in [-0.4, -0.2) is 0 Å². The molecule has 0 aliphatic heterocycles. The van der Waals surface area contributed by atoms with Gasteiger partial charge in [0.05, 0.1) is 0 Å². The van der Waals surface area contributed by atoms with E-state index in [1.807, 2.05) is 0 Å². The SMILES string of the molecule is C\C=C(C)/C=C(\C(C)=C\C)c1cc(C)c(C)c(C)c1C. The predicted molar refractivity (Wildman–Crippen MR) is 92.2 cm³/mol. The highest BCUT2D eigenvalue weighted by Gasteiger charge is 2.12. The molecule has 0 nitrogen and oxygen atoms in total. The topological polar surface area (TPSA) is 0 Å². The molecular weight excluding hydrogens is 240 g/mol. The average Bonchev–Trinajstić information content (AvgIpc) is 2.45. The van der Waals surface area contributed by atoms with Crippen molar-refractivity contribution in [1.82, 2.24) is 0 Å². The van der Waals surface area contributed by atoms with Gasteiger partial charge in [-0.15, -0.1) is 0 Å². The Morgan fingerprint density at radius 1 is 0.850 bits per heavy atom. The van der Waals surface area contributed by atoms with E-state index >= 15 is 0 Å². The maximum atomic E-state index is 2.33. The zero-order valence-corrected chi connectivity index (χ0v) is 14.3. The number of allylic oxidation sites excluding steroid dienone is 6. The molecule has 0 aliphatic carbocycles. The molecule has 0 bridgehead atoms. The van der Waals surface area contributed by atoms with Crippen LogP contribution in [0.4, 0.5) is 0 Å².